The standard InChI is InChI=1S/C19H18N4S/c1-13-8-10-15(11-9-13)22-12-17-14(2)21-23(18(17)20-19(22)24)16-6-4-3-5-7-16/h3-11H,12H2,1-2H3,(H,20,24). The predicted molar refractivity (Wildman–Crippen MR) is 102 cm³/mol. The number of benzene rings is 2. The second kappa shape index (κ2) is 5.76. The first kappa shape index (κ1) is 14.9. The Hall–Kier alpha value is -2.66. The smallest absolute Gasteiger partial charge is 0.179 e. The van der Waals surface area contributed by atoms with Crippen molar-refractivity contribution in [3.63, 3.8) is 0 Å². The van der Waals surface area contributed by atoms with Crippen molar-refractivity contribution >= 4 is 28.8 Å². The number of aryl methyl sites for hydroxylation is 2. The lowest BCUT2D eigenvalue weighted by molar-refractivity contribution is 0.870. The molecule has 24 heavy (non-hydrogen) atoms. The molecule has 1 aliphatic rings. The van der Waals surface area contributed by atoms with Crippen molar-refractivity contribution < 1.29 is 0 Å². The van der Waals surface area contributed by atoms with Crippen LogP contribution in [0.15, 0.2) is 54.6 Å². The van der Waals surface area contributed by atoms with Crippen LogP contribution in [0, 0.1) is 13.8 Å². The number of para-hydroxylation sites is 1. The van der Waals surface area contributed by atoms with Crippen LogP contribution in [0.4, 0.5) is 11.5 Å². The number of rotatable bonds is 2. The first-order valence-corrected chi connectivity index (χ1v) is 8.33. The molecule has 120 valence electrons. The number of aromatic nitrogens is 2. The summed E-state index contributed by atoms with van der Waals surface area (Å²) in [5, 5.41) is 8.77. The Balaban J connectivity index is 1.75. The Bertz CT molecular complexity index is 897. The van der Waals surface area contributed by atoms with Gasteiger partial charge in [-0.1, -0.05) is 35.9 Å². The lowest BCUT2D eigenvalue weighted by atomic mass is 10.1. The van der Waals surface area contributed by atoms with E-state index in [1.54, 1.807) is 0 Å². The Morgan fingerprint density at radius 3 is 2.38 bits per heavy atom. The van der Waals surface area contributed by atoms with Crippen molar-refractivity contribution in [2.75, 3.05) is 10.2 Å². The predicted octanol–water partition coefficient (Wildman–Crippen LogP) is 4.21. The molecule has 2 heterocycles. The summed E-state index contributed by atoms with van der Waals surface area (Å²) in [6.45, 7) is 4.85. The molecule has 0 aliphatic carbocycles. The molecule has 0 saturated carbocycles. The molecule has 0 radical (unpaired) electrons. The summed E-state index contributed by atoms with van der Waals surface area (Å²) in [7, 11) is 0. The fourth-order valence-corrected chi connectivity index (χ4v) is 3.23. The Morgan fingerprint density at radius 1 is 0.958 bits per heavy atom. The van der Waals surface area contributed by atoms with Gasteiger partial charge in [-0.3, -0.25) is 0 Å². The average Bonchev–Trinajstić information content (AvgIpc) is 2.92. The maximum Gasteiger partial charge on any atom is 0.179 e. The van der Waals surface area contributed by atoms with Crippen LogP contribution in [0.1, 0.15) is 16.8 Å². The topological polar surface area (TPSA) is 33.1 Å². The molecule has 2 aromatic carbocycles. The lowest BCUT2D eigenvalue weighted by Gasteiger charge is -2.31. The van der Waals surface area contributed by atoms with E-state index in [0.29, 0.717) is 5.11 Å². The lowest BCUT2D eigenvalue weighted by Crippen LogP contribution is -2.39. The SMILES string of the molecule is Cc1ccc(N2Cc3c(C)nn(-c4ccccc4)c3NC2=S)cc1. The second-order valence-corrected chi connectivity index (χ2v) is 6.40. The number of fused-ring (bicyclic) bond motifs is 1. The Morgan fingerprint density at radius 2 is 1.67 bits per heavy atom. The molecule has 1 N–H and O–H groups in total. The van der Waals surface area contributed by atoms with Crippen LogP contribution in [0.25, 0.3) is 5.69 Å². The van der Waals surface area contributed by atoms with E-state index in [-0.39, 0.29) is 0 Å². The van der Waals surface area contributed by atoms with Gasteiger partial charge in [0, 0.05) is 11.3 Å². The van der Waals surface area contributed by atoms with Crippen molar-refractivity contribution in [1.82, 2.24) is 9.78 Å². The molecule has 4 nitrogen and oxygen atoms in total. The normalized spacial score (nSPS) is 13.6. The van der Waals surface area contributed by atoms with E-state index in [2.05, 4.69) is 41.4 Å². The highest BCUT2D eigenvalue weighted by molar-refractivity contribution is 7.80. The molecule has 0 bridgehead atoms. The third-order valence-corrected chi connectivity index (χ3v) is 4.64. The van der Waals surface area contributed by atoms with Crippen LogP contribution in [0.5, 0.6) is 0 Å². The van der Waals surface area contributed by atoms with Crippen molar-refractivity contribution in [1.29, 1.82) is 0 Å². The van der Waals surface area contributed by atoms with Crippen LogP contribution < -0.4 is 10.2 Å². The monoisotopic (exact) mass is 334 g/mol. The van der Waals surface area contributed by atoms with Gasteiger partial charge in [0.2, 0.25) is 0 Å². The van der Waals surface area contributed by atoms with Gasteiger partial charge in [-0.15, -0.1) is 0 Å². The van der Waals surface area contributed by atoms with Gasteiger partial charge in [0.25, 0.3) is 0 Å². The van der Waals surface area contributed by atoms with Gasteiger partial charge in [0.15, 0.2) is 5.11 Å². The third kappa shape index (κ3) is 2.47. The highest BCUT2D eigenvalue weighted by Crippen LogP contribution is 2.31. The molecule has 0 saturated heterocycles. The average molecular weight is 334 g/mol. The number of anilines is 2. The van der Waals surface area contributed by atoms with E-state index >= 15 is 0 Å². The summed E-state index contributed by atoms with van der Waals surface area (Å²) < 4.78 is 1.93. The molecule has 0 fully saturated rings. The molecule has 1 aromatic heterocycles. The zero-order valence-corrected chi connectivity index (χ0v) is 14.5. The van der Waals surface area contributed by atoms with E-state index in [1.165, 1.54) is 11.1 Å². The van der Waals surface area contributed by atoms with Crippen molar-refractivity contribution in [3.8, 4) is 5.69 Å². The van der Waals surface area contributed by atoms with Crippen LogP contribution >= 0.6 is 12.2 Å². The molecule has 0 amide bonds. The number of nitrogens with zero attached hydrogens (tertiary/aromatic N) is 3. The number of thiocarbonyl (C=S) groups is 1. The maximum atomic E-state index is 5.61. The summed E-state index contributed by atoms with van der Waals surface area (Å²) in [6, 6.07) is 18.5. The van der Waals surface area contributed by atoms with E-state index in [0.717, 1.165) is 29.4 Å². The highest BCUT2D eigenvalue weighted by Gasteiger charge is 2.27. The molecule has 4 rings (SSSR count). The molecule has 0 spiro atoms. The zero-order valence-electron chi connectivity index (χ0n) is 13.7. The molecule has 3 aromatic rings. The van der Waals surface area contributed by atoms with Crippen LogP contribution in [-0.2, 0) is 6.54 Å². The Labute approximate surface area is 146 Å². The van der Waals surface area contributed by atoms with Crippen LogP contribution in [0.2, 0.25) is 0 Å². The van der Waals surface area contributed by atoms with Gasteiger partial charge in [-0.05, 0) is 50.3 Å². The number of hydrogen-bond acceptors (Lipinski definition) is 2. The summed E-state index contributed by atoms with van der Waals surface area (Å²) in [5.74, 6) is 0.965. The van der Waals surface area contributed by atoms with Gasteiger partial charge in [0.05, 0.1) is 17.9 Å². The summed E-state index contributed by atoms with van der Waals surface area (Å²) >= 11 is 5.61. The van der Waals surface area contributed by atoms with Crippen molar-refractivity contribution in [2.24, 2.45) is 0 Å². The Kier molecular flexibility index (Phi) is 3.58. The van der Waals surface area contributed by atoms with Gasteiger partial charge < -0.3 is 10.2 Å². The fraction of sp³-hybridized carbons (Fsp3) is 0.158. The number of hydrogen-bond donors (Lipinski definition) is 1. The first-order valence-electron chi connectivity index (χ1n) is 7.92. The zero-order chi connectivity index (χ0) is 16.7. The molecule has 1 aliphatic heterocycles. The molecular weight excluding hydrogens is 316 g/mol. The van der Waals surface area contributed by atoms with Gasteiger partial charge in [0.1, 0.15) is 5.82 Å². The second-order valence-electron chi connectivity index (χ2n) is 6.01. The van der Waals surface area contributed by atoms with E-state index in [4.69, 9.17) is 17.3 Å². The summed E-state index contributed by atoms with van der Waals surface area (Å²) in [5.41, 5.74) is 5.55. The van der Waals surface area contributed by atoms with Gasteiger partial charge in [-0.2, -0.15) is 5.10 Å². The largest absolute Gasteiger partial charge is 0.317 e. The van der Waals surface area contributed by atoms with Crippen molar-refractivity contribution in [3.05, 3.63) is 71.4 Å². The first-order chi connectivity index (χ1) is 11.6. The molecule has 5 heteroatoms. The van der Waals surface area contributed by atoms with E-state index < -0.39 is 0 Å². The fourth-order valence-electron chi connectivity index (χ4n) is 2.97. The van der Waals surface area contributed by atoms with Gasteiger partial charge >= 0.3 is 0 Å². The third-order valence-electron chi connectivity index (χ3n) is 4.32. The quantitative estimate of drug-likeness (QED) is 0.712. The van der Waals surface area contributed by atoms with Gasteiger partial charge in [-0.25, -0.2) is 4.68 Å². The van der Waals surface area contributed by atoms with Crippen LogP contribution in [0.3, 0.4) is 0 Å². The number of nitrogens with one attached hydrogen (secondary N) is 1. The molecule has 0 unspecified atom stereocenters. The summed E-state index contributed by atoms with van der Waals surface area (Å²) in [4.78, 5) is 2.11. The molecule has 0 atom stereocenters. The van der Waals surface area contributed by atoms with E-state index in [1.807, 2.05) is 41.9 Å². The highest BCUT2D eigenvalue weighted by atomic mass is 32.1. The van der Waals surface area contributed by atoms with Crippen LogP contribution in [-0.4, -0.2) is 14.9 Å². The van der Waals surface area contributed by atoms with Crippen molar-refractivity contribution in [2.45, 2.75) is 20.4 Å². The minimum atomic E-state index is 0.698. The van der Waals surface area contributed by atoms with E-state index in [9.17, 15) is 0 Å². The molecular formula is C19H18N4S. The minimum absolute atomic E-state index is 0.698. The summed E-state index contributed by atoms with van der Waals surface area (Å²) in [6.07, 6.45) is 0. The maximum absolute atomic E-state index is 5.61. The minimum Gasteiger partial charge on any atom is -0.317 e.